The molecule has 1 fully saturated rings. The van der Waals surface area contributed by atoms with Crippen LogP contribution in [0.25, 0.3) is 0 Å². The average Bonchev–Trinajstić information content (AvgIpc) is 3.32. The van der Waals surface area contributed by atoms with Crippen molar-refractivity contribution >= 4 is 5.97 Å². The number of hydrogen-bond acceptors (Lipinski definition) is 3. The maximum Gasteiger partial charge on any atom is 0.307 e. The molecule has 1 aliphatic carbocycles. The van der Waals surface area contributed by atoms with Crippen LogP contribution in [0.3, 0.4) is 0 Å². The van der Waals surface area contributed by atoms with Gasteiger partial charge in [-0.2, -0.15) is 0 Å². The summed E-state index contributed by atoms with van der Waals surface area (Å²) in [5.41, 5.74) is 1.56. The van der Waals surface area contributed by atoms with Crippen LogP contribution in [-0.4, -0.2) is 25.3 Å². The van der Waals surface area contributed by atoms with Gasteiger partial charge in [0.05, 0.1) is 20.1 Å². The number of carbonyl (C=O) groups is 1. The molecule has 0 bridgehead atoms. The van der Waals surface area contributed by atoms with E-state index in [-0.39, 0.29) is 0 Å². The second kappa shape index (κ2) is 5.37. The minimum absolute atomic E-state index is 0.394. The van der Waals surface area contributed by atoms with Crippen molar-refractivity contribution in [3.63, 3.8) is 0 Å². The van der Waals surface area contributed by atoms with E-state index in [9.17, 15) is 9.90 Å². The standard InChI is InChI=1S/C18H18O4/c1-21-14-7-3-12(4-8-14)18(11-16(18)17(19)20)13-5-9-15(22-2)10-6-13/h3-10,16H,11H2,1-2H3,(H,19,20)/t16-/m1/s1. The highest BCUT2D eigenvalue weighted by molar-refractivity contribution is 5.79. The Kier molecular flexibility index (Phi) is 3.53. The zero-order valence-electron chi connectivity index (χ0n) is 12.6. The van der Waals surface area contributed by atoms with Gasteiger partial charge in [-0.1, -0.05) is 24.3 Å². The van der Waals surface area contributed by atoms with Crippen molar-refractivity contribution in [1.82, 2.24) is 0 Å². The summed E-state index contributed by atoms with van der Waals surface area (Å²) in [6.45, 7) is 0. The average molecular weight is 298 g/mol. The van der Waals surface area contributed by atoms with Gasteiger partial charge in [0.15, 0.2) is 0 Å². The quantitative estimate of drug-likeness (QED) is 0.921. The highest BCUT2D eigenvalue weighted by Crippen LogP contribution is 2.59. The summed E-state index contributed by atoms with van der Waals surface area (Å²) < 4.78 is 10.4. The summed E-state index contributed by atoms with van der Waals surface area (Å²) in [5, 5.41) is 9.46. The maximum absolute atomic E-state index is 11.5. The normalized spacial score (nSPS) is 18.5. The van der Waals surface area contributed by atoms with Crippen LogP contribution < -0.4 is 9.47 Å². The molecule has 0 radical (unpaired) electrons. The van der Waals surface area contributed by atoms with E-state index in [0.717, 1.165) is 22.6 Å². The molecule has 0 aliphatic heterocycles. The molecular formula is C18H18O4. The highest BCUT2D eigenvalue weighted by atomic mass is 16.5. The van der Waals surface area contributed by atoms with E-state index in [1.54, 1.807) is 14.2 Å². The predicted molar refractivity (Wildman–Crippen MR) is 82.5 cm³/mol. The first-order chi connectivity index (χ1) is 10.6. The Bertz CT molecular complexity index is 626. The molecule has 0 spiro atoms. The lowest BCUT2D eigenvalue weighted by Crippen LogP contribution is -2.16. The lowest BCUT2D eigenvalue weighted by atomic mass is 9.85. The summed E-state index contributed by atoms with van der Waals surface area (Å²) >= 11 is 0. The molecule has 0 unspecified atom stereocenters. The molecule has 1 atom stereocenters. The highest BCUT2D eigenvalue weighted by Gasteiger charge is 2.60. The first kappa shape index (κ1) is 14.4. The molecule has 114 valence electrons. The second-order valence-electron chi connectivity index (χ2n) is 5.52. The largest absolute Gasteiger partial charge is 0.497 e. The van der Waals surface area contributed by atoms with E-state index in [4.69, 9.17) is 9.47 Å². The van der Waals surface area contributed by atoms with Crippen LogP contribution in [0.15, 0.2) is 48.5 Å². The van der Waals surface area contributed by atoms with Gasteiger partial charge in [0, 0.05) is 5.41 Å². The van der Waals surface area contributed by atoms with Crippen LogP contribution in [-0.2, 0) is 10.2 Å². The Morgan fingerprint density at radius 2 is 1.36 bits per heavy atom. The molecule has 4 heteroatoms. The summed E-state index contributed by atoms with van der Waals surface area (Å²) in [6, 6.07) is 15.3. The monoisotopic (exact) mass is 298 g/mol. The zero-order chi connectivity index (χ0) is 15.7. The van der Waals surface area contributed by atoms with Gasteiger partial charge in [0.2, 0.25) is 0 Å². The summed E-state index contributed by atoms with van der Waals surface area (Å²) in [4.78, 5) is 11.5. The Hall–Kier alpha value is -2.49. The van der Waals surface area contributed by atoms with Crippen LogP contribution in [0.4, 0.5) is 0 Å². The molecule has 0 amide bonds. The third kappa shape index (κ3) is 2.21. The maximum atomic E-state index is 11.5. The van der Waals surface area contributed by atoms with Gasteiger partial charge >= 0.3 is 5.97 Å². The first-order valence-corrected chi connectivity index (χ1v) is 7.13. The lowest BCUT2D eigenvalue weighted by Gasteiger charge is -2.18. The fourth-order valence-electron chi connectivity index (χ4n) is 3.14. The van der Waals surface area contributed by atoms with Crippen molar-refractivity contribution in [2.24, 2.45) is 5.92 Å². The minimum atomic E-state index is -0.758. The molecule has 4 nitrogen and oxygen atoms in total. The van der Waals surface area contributed by atoms with Crippen molar-refractivity contribution in [2.75, 3.05) is 14.2 Å². The van der Waals surface area contributed by atoms with Crippen LogP contribution >= 0.6 is 0 Å². The van der Waals surface area contributed by atoms with E-state index in [1.165, 1.54) is 0 Å². The van der Waals surface area contributed by atoms with Crippen LogP contribution in [0.5, 0.6) is 11.5 Å². The number of carboxylic acids is 1. The van der Waals surface area contributed by atoms with Gasteiger partial charge in [-0.05, 0) is 41.8 Å². The predicted octanol–water partition coefficient (Wildman–Crippen LogP) is 3.09. The third-order valence-electron chi connectivity index (χ3n) is 4.47. The molecule has 1 saturated carbocycles. The minimum Gasteiger partial charge on any atom is -0.497 e. The van der Waals surface area contributed by atoms with E-state index < -0.39 is 17.3 Å². The lowest BCUT2D eigenvalue weighted by molar-refractivity contribution is -0.138. The SMILES string of the molecule is COc1ccc(C2(c3ccc(OC)cc3)C[C@@H]2C(=O)O)cc1. The Balaban J connectivity index is 2.03. The number of aliphatic carboxylic acids is 1. The molecular weight excluding hydrogens is 280 g/mol. The molecule has 2 aromatic carbocycles. The fourth-order valence-corrected chi connectivity index (χ4v) is 3.14. The molecule has 1 N–H and O–H groups in total. The topological polar surface area (TPSA) is 55.8 Å². The molecule has 2 aromatic rings. The Morgan fingerprint density at radius 3 is 1.64 bits per heavy atom. The number of rotatable bonds is 5. The number of methoxy groups -OCH3 is 2. The van der Waals surface area contributed by atoms with Gasteiger partial charge < -0.3 is 14.6 Å². The zero-order valence-corrected chi connectivity index (χ0v) is 12.6. The van der Waals surface area contributed by atoms with Gasteiger partial charge in [-0.15, -0.1) is 0 Å². The molecule has 22 heavy (non-hydrogen) atoms. The summed E-state index contributed by atoms with van der Waals surface area (Å²) in [5.74, 6) is 0.378. The van der Waals surface area contributed by atoms with Crippen LogP contribution in [0.1, 0.15) is 17.5 Å². The molecule has 0 saturated heterocycles. The van der Waals surface area contributed by atoms with Crippen molar-refractivity contribution in [2.45, 2.75) is 11.8 Å². The van der Waals surface area contributed by atoms with Gasteiger partial charge in [-0.3, -0.25) is 4.79 Å². The van der Waals surface area contributed by atoms with Gasteiger partial charge in [0.1, 0.15) is 11.5 Å². The first-order valence-electron chi connectivity index (χ1n) is 7.13. The number of hydrogen-bond donors (Lipinski definition) is 1. The number of ether oxygens (including phenoxy) is 2. The summed E-state index contributed by atoms with van der Waals surface area (Å²) in [6.07, 6.45) is 0.612. The van der Waals surface area contributed by atoms with E-state index >= 15 is 0 Å². The van der Waals surface area contributed by atoms with Gasteiger partial charge in [-0.25, -0.2) is 0 Å². The summed E-state index contributed by atoms with van der Waals surface area (Å²) in [7, 11) is 3.23. The molecule has 1 aliphatic rings. The number of carboxylic acid groups (broad SMARTS) is 1. The fraction of sp³-hybridized carbons (Fsp3) is 0.278. The van der Waals surface area contributed by atoms with E-state index in [1.807, 2.05) is 48.5 Å². The molecule has 0 aromatic heterocycles. The number of benzene rings is 2. The molecule has 3 rings (SSSR count). The van der Waals surface area contributed by atoms with Crippen molar-refractivity contribution < 1.29 is 19.4 Å². The van der Waals surface area contributed by atoms with Gasteiger partial charge in [0.25, 0.3) is 0 Å². The smallest absolute Gasteiger partial charge is 0.307 e. The van der Waals surface area contributed by atoms with Crippen molar-refractivity contribution in [3.05, 3.63) is 59.7 Å². The Labute approximate surface area is 129 Å². The van der Waals surface area contributed by atoms with E-state index in [2.05, 4.69) is 0 Å². The van der Waals surface area contributed by atoms with Crippen LogP contribution in [0, 0.1) is 5.92 Å². The second-order valence-corrected chi connectivity index (χ2v) is 5.52. The van der Waals surface area contributed by atoms with Crippen molar-refractivity contribution in [1.29, 1.82) is 0 Å². The van der Waals surface area contributed by atoms with Crippen LogP contribution in [0.2, 0.25) is 0 Å². The van der Waals surface area contributed by atoms with Crippen molar-refractivity contribution in [3.8, 4) is 11.5 Å². The van der Waals surface area contributed by atoms with E-state index in [0.29, 0.717) is 6.42 Å². The Morgan fingerprint density at radius 1 is 0.955 bits per heavy atom. The molecule has 0 heterocycles. The third-order valence-corrected chi connectivity index (χ3v) is 4.47.